The average Bonchev–Trinajstić information content (AvgIpc) is 3.06. The number of nitrogens with two attached hydrogens (primary N) is 1. The first-order valence-corrected chi connectivity index (χ1v) is 7.85. The van der Waals surface area contributed by atoms with E-state index in [1.807, 2.05) is 32.0 Å². The van der Waals surface area contributed by atoms with E-state index in [9.17, 15) is 9.18 Å². The van der Waals surface area contributed by atoms with Gasteiger partial charge in [0.2, 0.25) is 0 Å². The van der Waals surface area contributed by atoms with Gasteiger partial charge in [-0.25, -0.2) is 4.39 Å². The number of halogens is 1. The van der Waals surface area contributed by atoms with E-state index in [1.165, 1.54) is 24.3 Å². The fraction of sp³-hybridized carbons (Fsp3) is 0.158. The van der Waals surface area contributed by atoms with Gasteiger partial charge in [0.15, 0.2) is 0 Å². The molecule has 0 bridgehead atoms. The summed E-state index contributed by atoms with van der Waals surface area (Å²) in [6.07, 6.45) is 0. The van der Waals surface area contributed by atoms with Gasteiger partial charge in [0, 0.05) is 16.8 Å². The van der Waals surface area contributed by atoms with Gasteiger partial charge in [-0.3, -0.25) is 4.79 Å². The van der Waals surface area contributed by atoms with Crippen molar-refractivity contribution in [3.63, 3.8) is 0 Å². The van der Waals surface area contributed by atoms with Crippen LogP contribution in [-0.2, 0) is 10.3 Å². The van der Waals surface area contributed by atoms with Crippen molar-refractivity contribution >= 4 is 11.6 Å². The van der Waals surface area contributed by atoms with Crippen LogP contribution < -0.4 is 11.1 Å². The number of aromatic nitrogens is 1. The third kappa shape index (κ3) is 2.18. The number of amides is 1. The highest BCUT2D eigenvalue weighted by molar-refractivity contribution is 6.08. The van der Waals surface area contributed by atoms with Crippen LogP contribution in [0.3, 0.4) is 0 Å². The molecule has 126 valence electrons. The first kappa shape index (κ1) is 15.5. The molecule has 6 heteroatoms. The van der Waals surface area contributed by atoms with E-state index in [2.05, 4.69) is 10.5 Å². The minimum atomic E-state index is -1.38. The summed E-state index contributed by atoms with van der Waals surface area (Å²) in [5.41, 5.74) is 9.45. The number of carbonyl (C=O) groups is 1. The van der Waals surface area contributed by atoms with E-state index in [-0.39, 0.29) is 11.7 Å². The topological polar surface area (TPSA) is 81.2 Å². The van der Waals surface area contributed by atoms with Crippen molar-refractivity contribution in [2.75, 3.05) is 5.32 Å². The normalized spacial score (nSPS) is 19.0. The molecule has 3 N–H and O–H groups in total. The zero-order valence-electron chi connectivity index (χ0n) is 13.8. The fourth-order valence-corrected chi connectivity index (χ4v) is 3.37. The third-order valence-electron chi connectivity index (χ3n) is 4.67. The second kappa shape index (κ2) is 5.26. The van der Waals surface area contributed by atoms with Crippen molar-refractivity contribution in [1.82, 2.24) is 5.16 Å². The van der Waals surface area contributed by atoms with Gasteiger partial charge in [0.05, 0.1) is 5.69 Å². The van der Waals surface area contributed by atoms with Gasteiger partial charge in [-0.05, 0) is 49.2 Å². The van der Waals surface area contributed by atoms with Crippen molar-refractivity contribution in [2.45, 2.75) is 19.4 Å². The first-order chi connectivity index (χ1) is 11.9. The Morgan fingerprint density at radius 2 is 1.88 bits per heavy atom. The summed E-state index contributed by atoms with van der Waals surface area (Å²) in [5, 5.41) is 6.78. The van der Waals surface area contributed by atoms with Crippen LogP contribution in [0.5, 0.6) is 0 Å². The highest BCUT2D eigenvalue weighted by atomic mass is 19.1. The zero-order valence-corrected chi connectivity index (χ0v) is 13.8. The van der Waals surface area contributed by atoms with Crippen molar-refractivity contribution < 1.29 is 13.7 Å². The van der Waals surface area contributed by atoms with E-state index in [4.69, 9.17) is 10.3 Å². The molecule has 0 spiro atoms. The smallest absolute Gasteiger partial charge is 0.253 e. The minimum Gasteiger partial charge on any atom is -0.361 e. The zero-order chi connectivity index (χ0) is 17.8. The predicted molar refractivity (Wildman–Crippen MR) is 91.4 cm³/mol. The highest BCUT2D eigenvalue weighted by Crippen LogP contribution is 2.41. The van der Waals surface area contributed by atoms with Crippen LogP contribution in [0, 0.1) is 19.7 Å². The van der Waals surface area contributed by atoms with Gasteiger partial charge in [-0.1, -0.05) is 23.4 Å². The van der Waals surface area contributed by atoms with Crippen LogP contribution in [0.1, 0.15) is 22.6 Å². The Bertz CT molecular complexity index is 975. The van der Waals surface area contributed by atoms with Crippen LogP contribution in [0.15, 0.2) is 47.0 Å². The minimum absolute atomic E-state index is 0.343. The highest BCUT2D eigenvalue weighted by Gasteiger charge is 2.45. The number of fused-ring (bicyclic) bond motifs is 1. The third-order valence-corrected chi connectivity index (χ3v) is 4.67. The van der Waals surface area contributed by atoms with Crippen LogP contribution in [-0.4, -0.2) is 11.1 Å². The maximum absolute atomic E-state index is 13.3. The molecule has 4 rings (SSSR count). The molecular weight excluding hydrogens is 321 g/mol. The van der Waals surface area contributed by atoms with Gasteiger partial charge in [0.1, 0.15) is 17.1 Å². The summed E-state index contributed by atoms with van der Waals surface area (Å²) in [6, 6.07) is 11.2. The number of hydrogen-bond acceptors (Lipinski definition) is 4. The van der Waals surface area contributed by atoms with Gasteiger partial charge < -0.3 is 15.6 Å². The molecule has 1 aromatic heterocycles. The van der Waals surface area contributed by atoms with E-state index in [0.29, 0.717) is 22.6 Å². The number of rotatable bonds is 2. The van der Waals surface area contributed by atoms with Crippen molar-refractivity contribution in [2.24, 2.45) is 5.73 Å². The van der Waals surface area contributed by atoms with Gasteiger partial charge in [-0.15, -0.1) is 0 Å². The number of hydrogen-bond donors (Lipinski definition) is 2. The molecule has 1 atom stereocenters. The molecule has 0 fully saturated rings. The summed E-state index contributed by atoms with van der Waals surface area (Å²) in [6.45, 7) is 3.69. The van der Waals surface area contributed by atoms with Crippen molar-refractivity contribution in [3.8, 4) is 11.1 Å². The molecular formula is C19H16FN3O2. The summed E-state index contributed by atoms with van der Waals surface area (Å²) < 4.78 is 18.5. The monoisotopic (exact) mass is 337 g/mol. The lowest BCUT2D eigenvalue weighted by molar-refractivity contribution is -0.119. The van der Waals surface area contributed by atoms with Crippen molar-refractivity contribution in [1.29, 1.82) is 0 Å². The second-order valence-electron chi connectivity index (χ2n) is 6.23. The molecule has 1 aliphatic rings. The SMILES string of the molecule is Cc1noc(C)c1-c1ccc2c(c1)C(N)(c1ccc(F)cc1)C(=O)N2. The Morgan fingerprint density at radius 1 is 1.16 bits per heavy atom. The quantitative estimate of drug-likeness (QED) is 0.752. The number of anilines is 1. The van der Waals surface area contributed by atoms with Gasteiger partial charge in [0.25, 0.3) is 5.91 Å². The largest absolute Gasteiger partial charge is 0.361 e. The summed E-state index contributed by atoms with van der Waals surface area (Å²) >= 11 is 0. The van der Waals surface area contributed by atoms with E-state index < -0.39 is 5.54 Å². The molecule has 5 nitrogen and oxygen atoms in total. The Labute approximate surface area is 143 Å². The van der Waals surface area contributed by atoms with Crippen LogP contribution in [0.25, 0.3) is 11.1 Å². The van der Waals surface area contributed by atoms with Crippen LogP contribution in [0.4, 0.5) is 10.1 Å². The number of nitrogens with one attached hydrogen (secondary N) is 1. The lowest BCUT2D eigenvalue weighted by atomic mass is 9.83. The Kier molecular flexibility index (Phi) is 3.27. The lowest BCUT2D eigenvalue weighted by Gasteiger charge is -2.23. The molecule has 0 radical (unpaired) electrons. The number of benzene rings is 2. The number of carbonyl (C=O) groups excluding carboxylic acids is 1. The molecule has 3 aromatic rings. The van der Waals surface area contributed by atoms with Crippen molar-refractivity contribution in [3.05, 3.63) is 70.9 Å². The molecule has 0 saturated heterocycles. The molecule has 2 aromatic carbocycles. The summed E-state index contributed by atoms with van der Waals surface area (Å²) in [7, 11) is 0. The molecule has 2 heterocycles. The summed E-state index contributed by atoms with van der Waals surface area (Å²) in [5.74, 6) is -0.0281. The predicted octanol–water partition coefficient (Wildman–Crippen LogP) is 3.25. The molecule has 1 unspecified atom stereocenters. The van der Waals surface area contributed by atoms with Gasteiger partial charge in [-0.2, -0.15) is 0 Å². The molecule has 25 heavy (non-hydrogen) atoms. The standard InChI is InChI=1S/C19H16FN3O2/c1-10-17(11(2)25-23-10)12-3-8-16-15(9-12)19(21,18(24)22-16)13-4-6-14(20)7-5-13/h3-9H,21H2,1-2H3,(H,22,24). The lowest BCUT2D eigenvalue weighted by Crippen LogP contribution is -2.44. The first-order valence-electron chi connectivity index (χ1n) is 7.85. The van der Waals surface area contributed by atoms with Gasteiger partial charge >= 0.3 is 0 Å². The second-order valence-corrected chi connectivity index (χ2v) is 6.23. The average molecular weight is 337 g/mol. The fourth-order valence-electron chi connectivity index (χ4n) is 3.37. The number of nitrogens with zero attached hydrogens (tertiary/aromatic N) is 1. The van der Waals surface area contributed by atoms with Crippen LogP contribution in [0.2, 0.25) is 0 Å². The van der Waals surface area contributed by atoms with E-state index >= 15 is 0 Å². The molecule has 1 amide bonds. The maximum Gasteiger partial charge on any atom is 0.253 e. The molecule has 0 aliphatic carbocycles. The molecule has 0 saturated carbocycles. The Morgan fingerprint density at radius 3 is 2.52 bits per heavy atom. The maximum atomic E-state index is 13.3. The Hall–Kier alpha value is -2.99. The molecule has 1 aliphatic heterocycles. The van der Waals surface area contributed by atoms with E-state index in [0.717, 1.165) is 16.8 Å². The van der Waals surface area contributed by atoms with Crippen LogP contribution >= 0.6 is 0 Å². The van der Waals surface area contributed by atoms with E-state index in [1.54, 1.807) is 0 Å². The number of aryl methyl sites for hydroxylation is 2. The Balaban J connectivity index is 1.91. The summed E-state index contributed by atoms with van der Waals surface area (Å²) in [4.78, 5) is 12.6.